The number of aryl methyl sites for hydroxylation is 2. The molecule has 0 radical (unpaired) electrons. The first-order valence-electron chi connectivity index (χ1n) is 10.7. The fourth-order valence-corrected chi connectivity index (χ4v) is 5.08. The number of nitrogens with zero attached hydrogens (tertiary/aromatic N) is 5. The third-order valence-corrected chi connectivity index (χ3v) is 6.98. The second-order valence-electron chi connectivity index (χ2n) is 8.20. The van der Waals surface area contributed by atoms with Gasteiger partial charge in [0, 0.05) is 48.2 Å². The van der Waals surface area contributed by atoms with E-state index in [0.29, 0.717) is 34.9 Å². The van der Waals surface area contributed by atoms with Crippen molar-refractivity contribution in [2.75, 3.05) is 11.9 Å². The Bertz CT molecular complexity index is 1130. The number of aromatic nitrogens is 5. The molecule has 32 heavy (non-hydrogen) atoms. The second-order valence-corrected chi connectivity index (χ2v) is 9.86. The van der Waals surface area contributed by atoms with Gasteiger partial charge < -0.3 is 19.5 Å². The highest BCUT2D eigenvalue weighted by molar-refractivity contribution is 9.10. The van der Waals surface area contributed by atoms with Crippen LogP contribution in [0.25, 0.3) is 0 Å². The highest BCUT2D eigenvalue weighted by atomic mass is 79.9. The van der Waals surface area contributed by atoms with E-state index in [-0.39, 0.29) is 6.10 Å². The van der Waals surface area contributed by atoms with Crippen LogP contribution in [0.4, 0.5) is 10.9 Å². The van der Waals surface area contributed by atoms with Crippen molar-refractivity contribution in [3.8, 4) is 11.5 Å². The molecule has 0 amide bonds. The van der Waals surface area contributed by atoms with Gasteiger partial charge in [0.1, 0.15) is 11.8 Å². The minimum Gasteiger partial charge on any atom is -0.450 e. The number of nitrogens with one attached hydrogen (secondary N) is 1. The van der Waals surface area contributed by atoms with Crippen molar-refractivity contribution in [3.05, 3.63) is 33.9 Å². The van der Waals surface area contributed by atoms with Crippen LogP contribution in [0.15, 0.2) is 16.7 Å². The molecule has 1 saturated carbocycles. The van der Waals surface area contributed by atoms with Crippen molar-refractivity contribution in [1.29, 1.82) is 0 Å². The van der Waals surface area contributed by atoms with Crippen molar-refractivity contribution >= 4 is 38.4 Å². The number of hydrogen-bond donors (Lipinski definition) is 1. The van der Waals surface area contributed by atoms with E-state index < -0.39 is 5.79 Å². The Morgan fingerprint density at radius 1 is 1.28 bits per heavy atom. The average molecular weight is 521 g/mol. The Morgan fingerprint density at radius 2 is 2.09 bits per heavy atom. The van der Waals surface area contributed by atoms with Crippen molar-refractivity contribution in [1.82, 2.24) is 24.1 Å². The highest BCUT2D eigenvalue weighted by Crippen LogP contribution is 2.42. The van der Waals surface area contributed by atoms with E-state index in [4.69, 9.17) is 14.2 Å². The summed E-state index contributed by atoms with van der Waals surface area (Å²) in [5.74, 6) is 2.01. The fraction of sp³-hybridized carbons (Fsp3) is 0.524. The summed E-state index contributed by atoms with van der Waals surface area (Å²) in [4.78, 5) is 9.13. The van der Waals surface area contributed by atoms with E-state index in [9.17, 15) is 0 Å². The van der Waals surface area contributed by atoms with Crippen LogP contribution in [0.5, 0.6) is 11.5 Å². The molecule has 11 heteroatoms. The van der Waals surface area contributed by atoms with E-state index in [1.807, 2.05) is 27.0 Å². The molecule has 1 aliphatic heterocycles. The number of rotatable bonds is 5. The van der Waals surface area contributed by atoms with E-state index in [2.05, 4.69) is 40.7 Å². The molecule has 1 saturated heterocycles. The van der Waals surface area contributed by atoms with Crippen molar-refractivity contribution in [2.45, 2.75) is 57.8 Å². The Hall–Kier alpha value is -2.08. The molecule has 1 unspecified atom stereocenters. The standard InChI is InChI=1S/C21H25BrN6O3S/c1-12-17(13(2)28(3)26-12)30-15-9-14(22)10-23-18(15)24-20-25-19(27-32-20)16-11-29-21(31-16)7-5-4-6-8-21/h9-10,16H,4-8,11H2,1-3H3,(H,23,24,25,27). The quantitative estimate of drug-likeness (QED) is 0.482. The van der Waals surface area contributed by atoms with E-state index >= 15 is 0 Å². The molecule has 0 aromatic carbocycles. The van der Waals surface area contributed by atoms with Gasteiger partial charge in [-0.05, 0) is 42.6 Å². The Morgan fingerprint density at radius 3 is 2.84 bits per heavy atom. The number of ether oxygens (including phenoxy) is 3. The van der Waals surface area contributed by atoms with Crippen LogP contribution >= 0.6 is 27.5 Å². The number of pyridine rings is 1. The van der Waals surface area contributed by atoms with Crippen molar-refractivity contribution in [3.63, 3.8) is 0 Å². The first kappa shape index (κ1) is 21.7. The lowest BCUT2D eigenvalue weighted by Crippen LogP contribution is -2.32. The van der Waals surface area contributed by atoms with E-state index in [1.54, 1.807) is 10.9 Å². The number of anilines is 2. The van der Waals surface area contributed by atoms with Crippen LogP contribution in [0, 0.1) is 13.8 Å². The fourth-order valence-electron chi connectivity index (χ4n) is 4.16. The molecule has 2 aliphatic rings. The Labute approximate surface area is 198 Å². The van der Waals surface area contributed by atoms with Gasteiger partial charge in [0.05, 0.1) is 12.3 Å². The minimum absolute atomic E-state index is 0.241. The summed E-state index contributed by atoms with van der Waals surface area (Å²) >= 11 is 4.74. The highest BCUT2D eigenvalue weighted by Gasteiger charge is 2.44. The van der Waals surface area contributed by atoms with Gasteiger partial charge in [-0.1, -0.05) is 6.42 Å². The van der Waals surface area contributed by atoms with Crippen LogP contribution in [0.1, 0.15) is 55.4 Å². The lowest BCUT2D eigenvalue weighted by molar-refractivity contribution is -0.188. The molecule has 9 nitrogen and oxygen atoms in total. The summed E-state index contributed by atoms with van der Waals surface area (Å²) in [5, 5.41) is 8.28. The average Bonchev–Trinajstić information content (AvgIpc) is 3.46. The molecule has 4 heterocycles. The third-order valence-electron chi connectivity index (χ3n) is 5.90. The molecule has 1 aliphatic carbocycles. The van der Waals surface area contributed by atoms with Gasteiger partial charge in [0.2, 0.25) is 5.13 Å². The summed E-state index contributed by atoms with van der Waals surface area (Å²) in [6, 6.07) is 1.86. The zero-order valence-electron chi connectivity index (χ0n) is 18.2. The largest absolute Gasteiger partial charge is 0.450 e. The van der Waals surface area contributed by atoms with Crippen molar-refractivity contribution in [2.24, 2.45) is 7.05 Å². The van der Waals surface area contributed by atoms with Crippen molar-refractivity contribution < 1.29 is 14.2 Å². The van der Waals surface area contributed by atoms with Gasteiger partial charge in [-0.15, -0.1) is 0 Å². The molecule has 1 N–H and O–H groups in total. The smallest absolute Gasteiger partial charge is 0.208 e. The van der Waals surface area contributed by atoms with Crippen LogP contribution in [-0.4, -0.2) is 36.5 Å². The Balaban J connectivity index is 1.33. The van der Waals surface area contributed by atoms with Gasteiger partial charge in [0.25, 0.3) is 0 Å². The summed E-state index contributed by atoms with van der Waals surface area (Å²) in [7, 11) is 1.89. The maximum Gasteiger partial charge on any atom is 0.208 e. The third kappa shape index (κ3) is 4.26. The molecule has 3 aromatic heterocycles. The lowest BCUT2D eigenvalue weighted by atomic mass is 9.94. The first-order valence-corrected chi connectivity index (χ1v) is 12.3. The second kappa shape index (κ2) is 8.69. The van der Waals surface area contributed by atoms with Gasteiger partial charge in [-0.2, -0.15) is 9.47 Å². The normalized spacial score (nSPS) is 20.1. The number of hydrogen-bond acceptors (Lipinski definition) is 9. The van der Waals surface area contributed by atoms with E-state index in [1.165, 1.54) is 18.0 Å². The van der Waals surface area contributed by atoms with Crippen LogP contribution in [-0.2, 0) is 16.5 Å². The minimum atomic E-state index is -0.449. The number of halogens is 1. The van der Waals surface area contributed by atoms with E-state index in [0.717, 1.165) is 41.5 Å². The van der Waals surface area contributed by atoms with Gasteiger partial charge in [0.15, 0.2) is 28.9 Å². The monoisotopic (exact) mass is 520 g/mol. The van der Waals surface area contributed by atoms with Gasteiger partial charge in [-0.3, -0.25) is 4.68 Å². The van der Waals surface area contributed by atoms with Gasteiger partial charge >= 0.3 is 0 Å². The SMILES string of the molecule is Cc1nn(C)c(C)c1Oc1cc(Br)cnc1Nc1nc(C2COC3(CCCCC3)O2)ns1. The molecule has 3 aromatic rings. The molecular formula is C21H25BrN6O3S. The lowest BCUT2D eigenvalue weighted by Gasteiger charge is -2.31. The first-order chi connectivity index (χ1) is 15.4. The van der Waals surface area contributed by atoms with Crippen LogP contribution < -0.4 is 10.1 Å². The molecule has 0 bridgehead atoms. The predicted molar refractivity (Wildman–Crippen MR) is 123 cm³/mol. The molecule has 1 atom stereocenters. The van der Waals surface area contributed by atoms with Crippen LogP contribution in [0.2, 0.25) is 0 Å². The molecule has 170 valence electrons. The zero-order valence-corrected chi connectivity index (χ0v) is 20.6. The molecule has 2 fully saturated rings. The van der Waals surface area contributed by atoms with Gasteiger partial charge in [-0.25, -0.2) is 9.97 Å². The zero-order chi connectivity index (χ0) is 22.3. The molecule has 5 rings (SSSR count). The topological polar surface area (TPSA) is 96.2 Å². The Kier molecular flexibility index (Phi) is 5.91. The summed E-state index contributed by atoms with van der Waals surface area (Å²) in [6.07, 6.45) is 6.86. The maximum atomic E-state index is 6.26. The molecule has 1 spiro atoms. The maximum absolute atomic E-state index is 6.26. The summed E-state index contributed by atoms with van der Waals surface area (Å²) in [6.45, 7) is 4.37. The molecular weight excluding hydrogens is 496 g/mol. The summed E-state index contributed by atoms with van der Waals surface area (Å²) < 4.78 is 25.6. The summed E-state index contributed by atoms with van der Waals surface area (Å²) in [5.41, 5.74) is 1.74. The van der Waals surface area contributed by atoms with Crippen LogP contribution in [0.3, 0.4) is 0 Å². The predicted octanol–water partition coefficient (Wildman–Crippen LogP) is 5.33.